The topological polar surface area (TPSA) is 26.3 Å². The van der Waals surface area contributed by atoms with E-state index in [1.165, 1.54) is 0 Å². The lowest BCUT2D eigenvalue weighted by molar-refractivity contribution is -0.133. The Morgan fingerprint density at radius 3 is 2.50 bits per heavy atom. The highest BCUT2D eigenvalue weighted by Crippen LogP contribution is 2.40. The number of ether oxygens (including phenoxy) is 1. The summed E-state index contributed by atoms with van der Waals surface area (Å²) in [5.41, 5.74) is 0.653. The van der Waals surface area contributed by atoms with E-state index in [0.717, 1.165) is 19.3 Å². The van der Waals surface area contributed by atoms with Gasteiger partial charge in [-0.3, -0.25) is 0 Å². The molecule has 0 saturated carbocycles. The number of cyclic esters (lactones) is 1. The molecule has 0 fully saturated rings. The summed E-state index contributed by atoms with van der Waals surface area (Å²) in [6.07, 6.45) is 3.09. The van der Waals surface area contributed by atoms with Crippen molar-refractivity contribution in [2.24, 2.45) is 0 Å². The van der Waals surface area contributed by atoms with Gasteiger partial charge < -0.3 is 4.74 Å². The van der Waals surface area contributed by atoms with Crippen molar-refractivity contribution in [3.63, 3.8) is 0 Å². The van der Waals surface area contributed by atoms with Crippen molar-refractivity contribution >= 4 is 69.7 Å². The third kappa shape index (κ3) is 3.43. The first kappa shape index (κ1) is 14.9. The molecular weight excluding hydrogens is 472 g/mol. The average Bonchev–Trinajstić information content (AvgIpc) is 2.51. The van der Waals surface area contributed by atoms with Crippen molar-refractivity contribution in [3.8, 4) is 0 Å². The number of hydrogen-bond donors (Lipinski definition) is 0. The van der Waals surface area contributed by atoms with Gasteiger partial charge in [-0.1, -0.05) is 35.7 Å². The van der Waals surface area contributed by atoms with E-state index >= 15 is 0 Å². The normalized spacial score (nSPS) is 17.8. The molecule has 0 N–H and O–H groups in total. The van der Waals surface area contributed by atoms with Gasteiger partial charge in [-0.05, 0) is 54.2 Å². The molecule has 1 rings (SSSR count). The van der Waals surface area contributed by atoms with E-state index in [4.69, 9.17) is 4.74 Å². The number of rotatable bonds is 4. The number of esters is 1. The van der Waals surface area contributed by atoms with Crippen molar-refractivity contribution in [2.45, 2.75) is 31.0 Å². The molecule has 1 unspecified atom stereocenters. The smallest absolute Gasteiger partial charge is 0.341 e. The molecule has 1 heterocycles. The maximum atomic E-state index is 11.7. The molecule has 2 nitrogen and oxygen atoms in total. The van der Waals surface area contributed by atoms with Crippen LogP contribution in [0.15, 0.2) is 19.2 Å². The van der Waals surface area contributed by atoms with Crippen LogP contribution in [0.3, 0.4) is 0 Å². The van der Waals surface area contributed by atoms with Crippen molar-refractivity contribution in [1.82, 2.24) is 0 Å². The van der Waals surface area contributed by atoms with Crippen LogP contribution in [-0.4, -0.2) is 10.8 Å². The van der Waals surface area contributed by atoms with Gasteiger partial charge in [0, 0.05) is 4.83 Å². The zero-order chi connectivity index (χ0) is 12.3. The van der Waals surface area contributed by atoms with Crippen LogP contribution in [-0.2, 0) is 9.53 Å². The van der Waals surface area contributed by atoms with E-state index in [0.29, 0.717) is 19.2 Å². The summed E-state index contributed by atoms with van der Waals surface area (Å²) in [5.74, 6) is 0.206. The quantitative estimate of drug-likeness (QED) is 0.412. The van der Waals surface area contributed by atoms with Crippen LogP contribution < -0.4 is 0 Å². The molecule has 90 valence electrons. The zero-order valence-electron chi connectivity index (χ0n) is 8.53. The minimum atomic E-state index is -0.295. The van der Waals surface area contributed by atoms with Crippen molar-refractivity contribution in [1.29, 1.82) is 0 Å². The molecule has 0 aromatic carbocycles. The number of unbranched alkanes of at least 4 members (excludes halogenated alkanes) is 1. The fraction of sp³-hybridized carbons (Fsp3) is 0.500. The van der Waals surface area contributed by atoms with E-state index in [-0.39, 0.29) is 10.8 Å². The number of alkyl halides is 1. The monoisotopic (exact) mass is 478 g/mol. The molecule has 1 aliphatic heterocycles. The summed E-state index contributed by atoms with van der Waals surface area (Å²) in [4.78, 5) is 11.7. The number of hydrogen-bond acceptors (Lipinski definition) is 2. The Bertz CT molecular complexity index is 356. The lowest BCUT2D eigenvalue weighted by Gasteiger charge is -2.07. The van der Waals surface area contributed by atoms with Gasteiger partial charge in [0.1, 0.15) is 3.39 Å². The molecule has 0 aromatic heterocycles. The summed E-state index contributed by atoms with van der Waals surface area (Å²) >= 11 is 13.4. The number of allylic oxidation sites excluding steroid dienone is 1. The van der Waals surface area contributed by atoms with Gasteiger partial charge in [-0.15, -0.1) is 0 Å². The predicted octanol–water partition coefficient (Wildman–Crippen LogP) is 5.10. The minimum Gasteiger partial charge on any atom is -0.420 e. The SMILES string of the molecule is CCCCC(Br)C1=C(Br)C(=C(Br)Br)OC1=O. The van der Waals surface area contributed by atoms with Gasteiger partial charge in [0.05, 0.1) is 10.1 Å². The molecular formula is C10H10Br4O2. The van der Waals surface area contributed by atoms with Crippen LogP contribution in [0.5, 0.6) is 0 Å². The van der Waals surface area contributed by atoms with E-state index in [1.807, 2.05) is 0 Å². The van der Waals surface area contributed by atoms with E-state index < -0.39 is 0 Å². The lowest BCUT2D eigenvalue weighted by atomic mass is 10.1. The Kier molecular flexibility index (Phi) is 6.26. The van der Waals surface area contributed by atoms with Crippen molar-refractivity contribution in [2.75, 3.05) is 0 Å². The molecule has 1 aliphatic rings. The Labute approximate surface area is 128 Å². The number of carbonyl (C=O) groups excluding carboxylic acids is 1. The summed E-state index contributed by atoms with van der Waals surface area (Å²) in [7, 11) is 0. The maximum Gasteiger partial charge on any atom is 0.341 e. The summed E-state index contributed by atoms with van der Waals surface area (Å²) in [6.45, 7) is 2.12. The Morgan fingerprint density at radius 2 is 2.06 bits per heavy atom. The minimum absolute atomic E-state index is 0.0335. The maximum absolute atomic E-state index is 11.7. The van der Waals surface area contributed by atoms with Gasteiger partial charge in [0.15, 0.2) is 5.76 Å². The number of carbonyl (C=O) groups is 1. The second-order valence-electron chi connectivity index (χ2n) is 3.32. The van der Waals surface area contributed by atoms with Gasteiger partial charge in [0.2, 0.25) is 0 Å². The Morgan fingerprint density at radius 1 is 1.44 bits per heavy atom. The molecule has 0 aromatic rings. The largest absolute Gasteiger partial charge is 0.420 e. The molecule has 1 atom stereocenters. The third-order valence-corrected chi connectivity index (χ3v) is 4.57. The second kappa shape index (κ2) is 6.71. The van der Waals surface area contributed by atoms with Gasteiger partial charge in [0.25, 0.3) is 0 Å². The van der Waals surface area contributed by atoms with E-state index in [9.17, 15) is 4.79 Å². The van der Waals surface area contributed by atoms with Crippen LogP contribution in [0.1, 0.15) is 26.2 Å². The fourth-order valence-electron chi connectivity index (χ4n) is 1.32. The lowest BCUT2D eigenvalue weighted by Crippen LogP contribution is -2.10. The first-order chi connectivity index (χ1) is 7.49. The predicted molar refractivity (Wildman–Crippen MR) is 79.2 cm³/mol. The molecule has 0 aliphatic carbocycles. The highest BCUT2D eigenvalue weighted by Gasteiger charge is 2.33. The number of halogens is 4. The van der Waals surface area contributed by atoms with Crippen LogP contribution >= 0.6 is 63.7 Å². The average molecular weight is 482 g/mol. The zero-order valence-corrected chi connectivity index (χ0v) is 14.9. The van der Waals surface area contributed by atoms with Crippen molar-refractivity contribution < 1.29 is 9.53 Å². The highest BCUT2D eigenvalue weighted by molar-refractivity contribution is 9.28. The van der Waals surface area contributed by atoms with Gasteiger partial charge >= 0.3 is 5.97 Å². The molecule has 16 heavy (non-hydrogen) atoms. The van der Waals surface area contributed by atoms with Gasteiger partial charge in [-0.2, -0.15) is 0 Å². The molecule has 0 bridgehead atoms. The third-order valence-electron chi connectivity index (χ3n) is 2.15. The summed E-state index contributed by atoms with van der Waals surface area (Å²) < 4.78 is 6.48. The van der Waals surface area contributed by atoms with E-state index in [1.54, 1.807) is 0 Å². The second-order valence-corrected chi connectivity index (χ2v) is 7.86. The molecule has 6 heteroatoms. The van der Waals surface area contributed by atoms with Crippen LogP contribution in [0.4, 0.5) is 0 Å². The highest BCUT2D eigenvalue weighted by atomic mass is 79.9. The summed E-state index contributed by atoms with van der Waals surface area (Å²) in [5, 5.41) is 0. The molecule has 0 saturated heterocycles. The standard InChI is InChI=1S/C10H10Br4O2/c1-2-3-4-5(11)6-7(12)8(9(13)14)16-10(6)15/h5H,2-4H2,1H3. The molecule has 0 spiro atoms. The molecule has 0 amide bonds. The van der Waals surface area contributed by atoms with Crippen LogP contribution in [0.25, 0.3) is 0 Å². The fourth-order valence-corrected chi connectivity index (χ4v) is 4.17. The first-order valence-corrected chi connectivity index (χ1v) is 8.10. The Balaban J connectivity index is 2.93. The van der Waals surface area contributed by atoms with Crippen LogP contribution in [0, 0.1) is 0 Å². The summed E-state index contributed by atoms with van der Waals surface area (Å²) in [6, 6.07) is 0. The molecule has 0 radical (unpaired) electrons. The first-order valence-electron chi connectivity index (χ1n) is 4.80. The van der Waals surface area contributed by atoms with Crippen LogP contribution in [0.2, 0.25) is 0 Å². The Hall–Kier alpha value is 0.870. The van der Waals surface area contributed by atoms with Gasteiger partial charge in [-0.25, -0.2) is 4.79 Å². The van der Waals surface area contributed by atoms with Crippen molar-refractivity contribution in [3.05, 3.63) is 19.2 Å². The van der Waals surface area contributed by atoms with E-state index in [2.05, 4.69) is 70.6 Å².